The first kappa shape index (κ1) is 13.7. The highest BCUT2D eigenvalue weighted by molar-refractivity contribution is 6.05. The fraction of sp³-hybridized carbons (Fsp3) is 0.133. The van der Waals surface area contributed by atoms with E-state index in [-0.39, 0.29) is 11.7 Å². The maximum Gasteiger partial charge on any atom is 0.255 e. The normalized spacial score (nSPS) is 9.90. The number of nitrogens with one attached hydrogen (secondary N) is 1. The molecule has 104 valence electrons. The molecule has 0 aliphatic heterocycles. The topological polar surface area (TPSA) is 67.8 Å². The van der Waals surface area contributed by atoms with Crippen molar-refractivity contribution in [3.8, 4) is 17.2 Å². The van der Waals surface area contributed by atoms with Crippen LogP contribution in [0.15, 0.2) is 42.5 Å². The third kappa shape index (κ3) is 3.00. The summed E-state index contributed by atoms with van der Waals surface area (Å²) < 4.78 is 10.3. The molecule has 0 fully saturated rings. The molecule has 0 atom stereocenters. The van der Waals surface area contributed by atoms with Crippen molar-refractivity contribution >= 4 is 11.6 Å². The Bertz CT molecular complexity index is 608. The van der Waals surface area contributed by atoms with Crippen LogP contribution in [0.3, 0.4) is 0 Å². The number of ether oxygens (including phenoxy) is 2. The van der Waals surface area contributed by atoms with E-state index in [1.54, 1.807) is 37.4 Å². The van der Waals surface area contributed by atoms with Gasteiger partial charge in [0.1, 0.15) is 17.2 Å². The Morgan fingerprint density at radius 3 is 2.35 bits per heavy atom. The van der Waals surface area contributed by atoms with Crippen LogP contribution in [0.1, 0.15) is 10.4 Å². The van der Waals surface area contributed by atoms with E-state index in [9.17, 15) is 9.90 Å². The lowest BCUT2D eigenvalue weighted by Crippen LogP contribution is -2.12. The van der Waals surface area contributed by atoms with Gasteiger partial charge >= 0.3 is 0 Å². The summed E-state index contributed by atoms with van der Waals surface area (Å²) in [5.74, 6) is 0.984. The number of phenols is 1. The Morgan fingerprint density at radius 1 is 1.05 bits per heavy atom. The Hall–Kier alpha value is -2.69. The van der Waals surface area contributed by atoms with Crippen LogP contribution in [0.5, 0.6) is 17.2 Å². The van der Waals surface area contributed by atoms with E-state index in [1.165, 1.54) is 19.2 Å². The summed E-state index contributed by atoms with van der Waals surface area (Å²) in [6.45, 7) is 0. The first-order valence-electron chi connectivity index (χ1n) is 5.96. The molecule has 5 heteroatoms. The lowest BCUT2D eigenvalue weighted by Gasteiger charge is -2.11. The van der Waals surface area contributed by atoms with Crippen molar-refractivity contribution in [1.29, 1.82) is 0 Å². The van der Waals surface area contributed by atoms with E-state index in [2.05, 4.69) is 5.32 Å². The maximum atomic E-state index is 12.1. The number of hydrogen-bond acceptors (Lipinski definition) is 4. The monoisotopic (exact) mass is 273 g/mol. The van der Waals surface area contributed by atoms with Crippen molar-refractivity contribution in [1.82, 2.24) is 0 Å². The number of anilines is 1. The summed E-state index contributed by atoms with van der Waals surface area (Å²) in [7, 11) is 3.08. The number of hydrogen-bond donors (Lipinski definition) is 2. The lowest BCUT2D eigenvalue weighted by atomic mass is 10.2. The van der Waals surface area contributed by atoms with Crippen molar-refractivity contribution in [3.63, 3.8) is 0 Å². The molecule has 2 rings (SSSR count). The number of carbonyl (C=O) groups excluding carboxylic acids is 1. The number of aromatic hydroxyl groups is 1. The van der Waals surface area contributed by atoms with Crippen LogP contribution >= 0.6 is 0 Å². The molecule has 5 nitrogen and oxygen atoms in total. The third-order valence-electron chi connectivity index (χ3n) is 2.79. The first-order chi connectivity index (χ1) is 9.63. The molecule has 2 N–H and O–H groups in total. The van der Waals surface area contributed by atoms with Gasteiger partial charge in [-0.15, -0.1) is 0 Å². The minimum atomic E-state index is -0.284. The molecule has 0 aromatic heterocycles. The zero-order chi connectivity index (χ0) is 14.5. The van der Waals surface area contributed by atoms with Gasteiger partial charge in [0.25, 0.3) is 5.91 Å². The molecule has 20 heavy (non-hydrogen) atoms. The van der Waals surface area contributed by atoms with Crippen molar-refractivity contribution in [2.45, 2.75) is 0 Å². The molecule has 0 radical (unpaired) electrons. The highest BCUT2D eigenvalue weighted by Gasteiger charge is 2.10. The molecule has 0 saturated heterocycles. The van der Waals surface area contributed by atoms with Crippen LogP contribution in [-0.4, -0.2) is 25.2 Å². The van der Waals surface area contributed by atoms with Gasteiger partial charge in [-0.2, -0.15) is 0 Å². The van der Waals surface area contributed by atoms with Crippen molar-refractivity contribution in [3.05, 3.63) is 48.0 Å². The van der Waals surface area contributed by atoms with Crippen LogP contribution in [0.2, 0.25) is 0 Å². The van der Waals surface area contributed by atoms with Crippen LogP contribution < -0.4 is 14.8 Å². The number of methoxy groups -OCH3 is 2. The molecule has 0 bridgehead atoms. The van der Waals surface area contributed by atoms with Gasteiger partial charge in [0.2, 0.25) is 0 Å². The van der Waals surface area contributed by atoms with E-state index in [1.807, 2.05) is 0 Å². The Morgan fingerprint density at radius 2 is 1.75 bits per heavy atom. The summed E-state index contributed by atoms with van der Waals surface area (Å²) in [4.78, 5) is 12.1. The van der Waals surface area contributed by atoms with Crippen LogP contribution in [-0.2, 0) is 0 Å². The van der Waals surface area contributed by atoms with Gasteiger partial charge in [-0.3, -0.25) is 4.79 Å². The van der Waals surface area contributed by atoms with Gasteiger partial charge in [0.05, 0.1) is 19.9 Å². The first-order valence-corrected chi connectivity index (χ1v) is 5.96. The van der Waals surface area contributed by atoms with Crippen LogP contribution in [0.4, 0.5) is 5.69 Å². The van der Waals surface area contributed by atoms with E-state index in [0.717, 1.165) is 0 Å². The number of amides is 1. The highest BCUT2D eigenvalue weighted by atomic mass is 16.5. The molecule has 0 aliphatic rings. The molecule has 0 aliphatic carbocycles. The number of rotatable bonds is 4. The Kier molecular flexibility index (Phi) is 4.10. The third-order valence-corrected chi connectivity index (χ3v) is 2.79. The number of phenolic OH excluding ortho intramolecular Hbond substituents is 1. The maximum absolute atomic E-state index is 12.1. The summed E-state index contributed by atoms with van der Waals surface area (Å²) >= 11 is 0. The van der Waals surface area contributed by atoms with Crippen molar-refractivity contribution in [2.75, 3.05) is 19.5 Å². The number of carbonyl (C=O) groups is 1. The molecular formula is C15H15NO4. The van der Waals surface area contributed by atoms with Gasteiger partial charge in [-0.25, -0.2) is 0 Å². The highest BCUT2D eigenvalue weighted by Crippen LogP contribution is 2.29. The number of benzene rings is 2. The van der Waals surface area contributed by atoms with E-state index in [4.69, 9.17) is 9.47 Å². The largest absolute Gasteiger partial charge is 0.508 e. The van der Waals surface area contributed by atoms with Gasteiger partial charge in [0, 0.05) is 11.6 Å². The quantitative estimate of drug-likeness (QED) is 0.898. The predicted molar refractivity (Wildman–Crippen MR) is 75.6 cm³/mol. The van der Waals surface area contributed by atoms with E-state index in [0.29, 0.717) is 22.7 Å². The SMILES string of the molecule is COc1ccc(NC(=O)c2ccc(O)cc2)c(OC)c1. The predicted octanol–water partition coefficient (Wildman–Crippen LogP) is 2.66. The molecule has 2 aromatic rings. The second-order valence-electron chi connectivity index (χ2n) is 4.07. The lowest BCUT2D eigenvalue weighted by molar-refractivity contribution is 0.102. The smallest absolute Gasteiger partial charge is 0.255 e. The molecule has 1 amide bonds. The Balaban J connectivity index is 2.21. The minimum absolute atomic E-state index is 0.114. The van der Waals surface area contributed by atoms with Gasteiger partial charge in [-0.05, 0) is 36.4 Å². The average Bonchev–Trinajstić information content (AvgIpc) is 2.48. The fourth-order valence-electron chi connectivity index (χ4n) is 1.71. The van der Waals surface area contributed by atoms with Crippen LogP contribution in [0, 0.1) is 0 Å². The van der Waals surface area contributed by atoms with Crippen LogP contribution in [0.25, 0.3) is 0 Å². The zero-order valence-corrected chi connectivity index (χ0v) is 11.2. The van der Waals surface area contributed by atoms with Gasteiger partial charge in [0.15, 0.2) is 0 Å². The fourth-order valence-corrected chi connectivity index (χ4v) is 1.71. The second kappa shape index (κ2) is 5.97. The minimum Gasteiger partial charge on any atom is -0.508 e. The zero-order valence-electron chi connectivity index (χ0n) is 11.2. The van der Waals surface area contributed by atoms with E-state index < -0.39 is 0 Å². The van der Waals surface area contributed by atoms with Crippen molar-refractivity contribution in [2.24, 2.45) is 0 Å². The summed E-state index contributed by atoms with van der Waals surface area (Å²) in [6, 6.07) is 11.1. The summed E-state index contributed by atoms with van der Waals surface area (Å²) in [5.41, 5.74) is 0.993. The Labute approximate surface area is 116 Å². The van der Waals surface area contributed by atoms with Gasteiger partial charge in [-0.1, -0.05) is 0 Å². The molecule has 0 unspecified atom stereocenters. The van der Waals surface area contributed by atoms with Gasteiger partial charge < -0.3 is 19.9 Å². The van der Waals surface area contributed by atoms with E-state index >= 15 is 0 Å². The molecular weight excluding hydrogens is 258 g/mol. The molecule has 2 aromatic carbocycles. The second-order valence-corrected chi connectivity index (χ2v) is 4.07. The average molecular weight is 273 g/mol. The standard InChI is InChI=1S/C15H15NO4/c1-19-12-7-8-13(14(9-12)20-2)16-15(18)10-3-5-11(17)6-4-10/h3-9,17H,1-2H3,(H,16,18). The van der Waals surface area contributed by atoms with Crippen molar-refractivity contribution < 1.29 is 19.4 Å². The molecule has 0 heterocycles. The summed E-state index contributed by atoms with van der Waals surface area (Å²) in [5, 5.41) is 11.9. The summed E-state index contributed by atoms with van der Waals surface area (Å²) in [6.07, 6.45) is 0. The molecule has 0 saturated carbocycles. The molecule has 0 spiro atoms.